The Kier molecular flexibility index (Phi) is 6.26. The third kappa shape index (κ3) is 4.29. The third-order valence-electron chi connectivity index (χ3n) is 3.44. The maximum Gasteiger partial charge on any atom is 0.272 e. The van der Waals surface area contributed by atoms with Crippen LogP contribution in [0.3, 0.4) is 0 Å². The fraction of sp³-hybridized carbons (Fsp3) is 0.333. The van der Waals surface area contributed by atoms with E-state index < -0.39 is 0 Å². The van der Waals surface area contributed by atoms with Crippen LogP contribution < -0.4 is 5.32 Å². The van der Waals surface area contributed by atoms with E-state index in [0.717, 1.165) is 12.8 Å². The number of carbonyl (C=O) groups excluding carboxylic acids is 1. The van der Waals surface area contributed by atoms with Gasteiger partial charge < -0.3 is 10.2 Å². The molecule has 0 aliphatic rings. The van der Waals surface area contributed by atoms with Gasteiger partial charge in [0.15, 0.2) is 0 Å². The molecular formula is C18H21N5O. The second-order valence-electron chi connectivity index (χ2n) is 5.34. The van der Waals surface area contributed by atoms with Crippen molar-refractivity contribution < 1.29 is 4.79 Å². The number of rotatable bonds is 7. The topological polar surface area (TPSA) is 81.9 Å². The van der Waals surface area contributed by atoms with Crippen molar-refractivity contribution in [3.63, 3.8) is 0 Å². The Bertz CT molecular complexity index is 732. The van der Waals surface area contributed by atoms with Crippen LogP contribution in [0.15, 0.2) is 36.5 Å². The van der Waals surface area contributed by atoms with Crippen molar-refractivity contribution >= 4 is 17.5 Å². The number of benzene rings is 1. The number of aromatic nitrogens is 2. The Hall–Kier alpha value is -2.94. The molecule has 0 fully saturated rings. The Morgan fingerprint density at radius 3 is 2.58 bits per heavy atom. The number of hydrogen-bond acceptors (Lipinski definition) is 5. The second kappa shape index (κ2) is 8.63. The first-order chi connectivity index (χ1) is 11.7. The molecule has 0 saturated carbocycles. The third-order valence-corrected chi connectivity index (χ3v) is 3.44. The summed E-state index contributed by atoms with van der Waals surface area (Å²) in [5.74, 6) is 0.203. The number of hydrogen-bond donors (Lipinski definition) is 1. The predicted molar refractivity (Wildman–Crippen MR) is 93.0 cm³/mol. The molecule has 1 amide bonds. The maximum atomic E-state index is 12.6. The van der Waals surface area contributed by atoms with Gasteiger partial charge >= 0.3 is 0 Å². The number of nitrogens with zero attached hydrogens (tertiary/aromatic N) is 4. The lowest BCUT2D eigenvalue weighted by Gasteiger charge is -2.21. The van der Waals surface area contributed by atoms with Gasteiger partial charge in [-0.25, -0.2) is 9.97 Å². The van der Waals surface area contributed by atoms with E-state index in [1.165, 1.54) is 0 Å². The summed E-state index contributed by atoms with van der Waals surface area (Å²) in [7, 11) is 0. The summed E-state index contributed by atoms with van der Waals surface area (Å²) < 4.78 is 0. The maximum absolute atomic E-state index is 12.6. The predicted octanol–water partition coefficient (Wildman–Crippen LogP) is 3.35. The normalized spacial score (nSPS) is 10.0. The first kappa shape index (κ1) is 17.4. The molecule has 2 rings (SSSR count). The molecule has 6 nitrogen and oxygen atoms in total. The van der Waals surface area contributed by atoms with Crippen molar-refractivity contribution in [3.05, 3.63) is 47.8 Å². The zero-order valence-corrected chi connectivity index (χ0v) is 14.0. The lowest BCUT2D eigenvalue weighted by atomic mass is 10.2. The molecule has 0 spiro atoms. The number of anilines is 2. The minimum absolute atomic E-state index is 0.0993. The molecule has 124 valence electrons. The van der Waals surface area contributed by atoms with Gasteiger partial charge in [-0.05, 0) is 31.0 Å². The Balaban J connectivity index is 2.22. The van der Waals surface area contributed by atoms with Gasteiger partial charge in [0.2, 0.25) is 5.95 Å². The highest BCUT2D eigenvalue weighted by atomic mass is 16.2. The highest BCUT2D eigenvalue weighted by Crippen LogP contribution is 2.17. The number of amides is 1. The summed E-state index contributed by atoms with van der Waals surface area (Å²) in [6.07, 6.45) is 3.35. The molecule has 0 unspecified atom stereocenters. The van der Waals surface area contributed by atoms with Crippen LogP contribution in [0, 0.1) is 11.3 Å². The minimum atomic E-state index is -0.0993. The van der Waals surface area contributed by atoms with E-state index in [1.807, 2.05) is 19.9 Å². The van der Waals surface area contributed by atoms with Crippen LogP contribution in [0.4, 0.5) is 11.6 Å². The van der Waals surface area contributed by atoms with Gasteiger partial charge in [0.1, 0.15) is 11.8 Å². The minimum Gasteiger partial charge on any atom is -0.337 e. The largest absolute Gasteiger partial charge is 0.337 e. The van der Waals surface area contributed by atoms with Gasteiger partial charge in [-0.3, -0.25) is 4.79 Å². The van der Waals surface area contributed by atoms with Gasteiger partial charge in [-0.1, -0.05) is 26.0 Å². The number of carbonyl (C=O) groups is 1. The summed E-state index contributed by atoms with van der Waals surface area (Å²) in [6.45, 7) is 5.50. The average molecular weight is 323 g/mol. The van der Waals surface area contributed by atoms with Crippen LogP contribution in [-0.4, -0.2) is 33.9 Å². The van der Waals surface area contributed by atoms with Crippen molar-refractivity contribution in [1.29, 1.82) is 5.26 Å². The van der Waals surface area contributed by atoms with Crippen molar-refractivity contribution in [3.8, 4) is 6.07 Å². The van der Waals surface area contributed by atoms with E-state index in [1.54, 1.807) is 35.4 Å². The van der Waals surface area contributed by atoms with Gasteiger partial charge in [-0.15, -0.1) is 0 Å². The lowest BCUT2D eigenvalue weighted by Crippen LogP contribution is -2.33. The highest BCUT2D eigenvalue weighted by molar-refractivity contribution is 5.92. The van der Waals surface area contributed by atoms with E-state index >= 15 is 0 Å². The van der Waals surface area contributed by atoms with Crippen molar-refractivity contribution in [1.82, 2.24) is 14.9 Å². The average Bonchev–Trinajstić information content (AvgIpc) is 2.61. The second-order valence-corrected chi connectivity index (χ2v) is 5.34. The molecule has 0 aliphatic heterocycles. The molecule has 1 heterocycles. The summed E-state index contributed by atoms with van der Waals surface area (Å²) >= 11 is 0. The molecule has 0 bridgehead atoms. The van der Waals surface area contributed by atoms with Crippen LogP contribution in [0.1, 0.15) is 42.7 Å². The van der Waals surface area contributed by atoms with Crippen LogP contribution in [0.2, 0.25) is 0 Å². The zero-order chi connectivity index (χ0) is 17.4. The molecular weight excluding hydrogens is 302 g/mol. The van der Waals surface area contributed by atoms with Crippen molar-refractivity contribution in [2.75, 3.05) is 18.4 Å². The van der Waals surface area contributed by atoms with E-state index in [0.29, 0.717) is 36.0 Å². The first-order valence-corrected chi connectivity index (χ1v) is 8.08. The Morgan fingerprint density at radius 1 is 1.21 bits per heavy atom. The van der Waals surface area contributed by atoms with Gasteiger partial charge in [-0.2, -0.15) is 5.26 Å². The van der Waals surface area contributed by atoms with Crippen LogP contribution >= 0.6 is 0 Å². The summed E-state index contributed by atoms with van der Waals surface area (Å²) in [5, 5.41) is 12.1. The smallest absolute Gasteiger partial charge is 0.272 e. The summed E-state index contributed by atoms with van der Waals surface area (Å²) in [4.78, 5) is 22.9. The van der Waals surface area contributed by atoms with Gasteiger partial charge in [0.25, 0.3) is 5.91 Å². The molecule has 1 aromatic heterocycles. The lowest BCUT2D eigenvalue weighted by molar-refractivity contribution is 0.0749. The quantitative estimate of drug-likeness (QED) is 0.845. The number of para-hydroxylation sites is 1. The first-order valence-electron chi connectivity index (χ1n) is 8.08. The molecule has 6 heteroatoms. The van der Waals surface area contributed by atoms with Gasteiger partial charge in [0.05, 0.1) is 11.3 Å². The SMILES string of the molecule is CCCN(CCC)C(=O)c1ccnc(Nc2ccccc2C#N)n1. The van der Waals surface area contributed by atoms with Crippen LogP contribution in [0.5, 0.6) is 0 Å². The van der Waals surface area contributed by atoms with E-state index in [4.69, 9.17) is 5.26 Å². The fourth-order valence-corrected chi connectivity index (χ4v) is 2.36. The molecule has 1 N–H and O–H groups in total. The Labute approximate surface area is 142 Å². The molecule has 0 atom stereocenters. The van der Waals surface area contributed by atoms with Gasteiger partial charge in [0, 0.05) is 19.3 Å². The standard InChI is InChI=1S/C18H21N5O/c1-3-11-23(12-4-2)17(24)16-9-10-20-18(22-16)21-15-8-6-5-7-14(15)13-19/h5-10H,3-4,11-12H2,1-2H3,(H,20,21,22). The molecule has 24 heavy (non-hydrogen) atoms. The monoisotopic (exact) mass is 323 g/mol. The van der Waals surface area contributed by atoms with E-state index in [9.17, 15) is 4.79 Å². The summed E-state index contributed by atoms with van der Waals surface area (Å²) in [5.41, 5.74) is 1.46. The molecule has 2 aromatic rings. The molecule has 0 aliphatic carbocycles. The molecule has 0 saturated heterocycles. The zero-order valence-electron chi connectivity index (χ0n) is 14.0. The van der Waals surface area contributed by atoms with Crippen LogP contribution in [-0.2, 0) is 0 Å². The number of nitrogens with one attached hydrogen (secondary N) is 1. The Morgan fingerprint density at radius 2 is 1.92 bits per heavy atom. The van der Waals surface area contributed by atoms with Crippen molar-refractivity contribution in [2.45, 2.75) is 26.7 Å². The fourth-order valence-electron chi connectivity index (χ4n) is 2.36. The summed E-state index contributed by atoms with van der Waals surface area (Å²) in [6, 6.07) is 10.8. The highest BCUT2D eigenvalue weighted by Gasteiger charge is 2.16. The van der Waals surface area contributed by atoms with E-state index in [2.05, 4.69) is 21.4 Å². The van der Waals surface area contributed by atoms with Crippen LogP contribution in [0.25, 0.3) is 0 Å². The van der Waals surface area contributed by atoms with Crippen molar-refractivity contribution in [2.24, 2.45) is 0 Å². The molecule has 1 aromatic carbocycles. The number of nitriles is 1. The van der Waals surface area contributed by atoms with E-state index in [-0.39, 0.29) is 5.91 Å². The molecule has 0 radical (unpaired) electrons.